The zero-order chi connectivity index (χ0) is 18.3. The fourth-order valence-corrected chi connectivity index (χ4v) is 2.81. The first-order valence-electron chi connectivity index (χ1n) is 8.78. The number of nitrogens with zero attached hydrogens (tertiary/aromatic N) is 1. The van der Waals surface area contributed by atoms with Crippen LogP contribution in [-0.2, 0) is 9.59 Å². The van der Waals surface area contributed by atoms with E-state index in [9.17, 15) is 9.59 Å². The van der Waals surface area contributed by atoms with Crippen LogP contribution in [0.15, 0.2) is 18.2 Å². The summed E-state index contributed by atoms with van der Waals surface area (Å²) in [6.45, 7) is 12.2. The van der Waals surface area contributed by atoms with Crippen LogP contribution >= 0.6 is 0 Å². The Morgan fingerprint density at radius 1 is 1.17 bits per heavy atom. The Kier molecular flexibility index (Phi) is 7.92. The van der Waals surface area contributed by atoms with Crippen molar-refractivity contribution in [1.29, 1.82) is 0 Å². The molecule has 0 spiro atoms. The summed E-state index contributed by atoms with van der Waals surface area (Å²) in [6.07, 6.45) is 0. The van der Waals surface area contributed by atoms with E-state index in [1.165, 1.54) is 0 Å². The number of carbonyl (C=O) groups excluding carboxylic acids is 2. The molecule has 2 N–H and O–H groups in total. The van der Waals surface area contributed by atoms with Gasteiger partial charge in [0.25, 0.3) is 11.8 Å². The summed E-state index contributed by atoms with van der Waals surface area (Å²) in [5.74, 6) is 0.370. The van der Waals surface area contributed by atoms with Gasteiger partial charge >= 0.3 is 0 Å². The minimum absolute atomic E-state index is 0.0592. The van der Waals surface area contributed by atoms with E-state index in [4.69, 9.17) is 0 Å². The molecule has 0 bridgehead atoms. The smallest absolute Gasteiger partial charge is 0.279 e. The van der Waals surface area contributed by atoms with Gasteiger partial charge < -0.3 is 15.1 Å². The molecule has 134 valence electrons. The van der Waals surface area contributed by atoms with Gasteiger partial charge in [0.05, 0.1) is 7.05 Å². The van der Waals surface area contributed by atoms with Gasteiger partial charge in [-0.2, -0.15) is 0 Å². The lowest BCUT2D eigenvalue weighted by atomic mass is 9.98. The summed E-state index contributed by atoms with van der Waals surface area (Å²) in [5.41, 5.74) is 3.10. The predicted octanol–water partition coefficient (Wildman–Crippen LogP) is 1.44. The van der Waals surface area contributed by atoms with E-state index in [-0.39, 0.29) is 18.4 Å². The lowest BCUT2D eigenvalue weighted by Gasteiger charge is -2.21. The molecule has 1 rings (SSSR count). The van der Waals surface area contributed by atoms with Crippen molar-refractivity contribution in [2.24, 2.45) is 0 Å². The minimum Gasteiger partial charge on any atom is -0.338 e. The molecule has 1 aromatic rings. The summed E-state index contributed by atoms with van der Waals surface area (Å²) in [5, 5.41) is 3.04. The molecule has 0 aliphatic heterocycles. The van der Waals surface area contributed by atoms with E-state index in [2.05, 4.69) is 19.2 Å². The molecule has 24 heavy (non-hydrogen) atoms. The van der Waals surface area contributed by atoms with Gasteiger partial charge in [-0.25, -0.2) is 0 Å². The molecule has 0 fully saturated rings. The maximum Gasteiger partial charge on any atom is 0.279 e. The van der Waals surface area contributed by atoms with Crippen molar-refractivity contribution in [3.05, 3.63) is 29.3 Å². The SMILES string of the molecule is CCN(CC)C(=O)C[NH+](C)CC(=O)Nc1c(C)cccc1C(C)C. The van der Waals surface area contributed by atoms with E-state index in [0.717, 1.165) is 21.7 Å². The summed E-state index contributed by atoms with van der Waals surface area (Å²) >= 11 is 0. The van der Waals surface area contributed by atoms with Crippen molar-refractivity contribution in [3.63, 3.8) is 0 Å². The number of rotatable bonds is 8. The number of likely N-dealkylation sites (N-methyl/N-ethyl adjacent to an activating group) is 2. The first-order valence-corrected chi connectivity index (χ1v) is 8.78. The predicted molar refractivity (Wildman–Crippen MR) is 98.4 cm³/mol. The van der Waals surface area contributed by atoms with Crippen LogP contribution in [0, 0.1) is 6.92 Å². The van der Waals surface area contributed by atoms with E-state index >= 15 is 0 Å². The highest BCUT2D eigenvalue weighted by atomic mass is 16.2. The summed E-state index contributed by atoms with van der Waals surface area (Å²) in [7, 11) is 1.88. The van der Waals surface area contributed by atoms with Gasteiger partial charge in [0.2, 0.25) is 0 Å². The van der Waals surface area contributed by atoms with Gasteiger partial charge in [-0.3, -0.25) is 9.59 Å². The Bertz CT molecular complexity index is 566. The first kappa shape index (κ1) is 20.2. The molecule has 0 saturated carbocycles. The number of amides is 2. The number of benzene rings is 1. The number of quaternary nitrogens is 1. The quantitative estimate of drug-likeness (QED) is 0.756. The Morgan fingerprint density at radius 2 is 1.79 bits per heavy atom. The highest BCUT2D eigenvalue weighted by Gasteiger charge is 2.19. The highest BCUT2D eigenvalue weighted by molar-refractivity contribution is 5.93. The molecule has 1 atom stereocenters. The van der Waals surface area contributed by atoms with Crippen molar-refractivity contribution in [2.75, 3.05) is 38.5 Å². The Morgan fingerprint density at radius 3 is 2.33 bits per heavy atom. The molecule has 0 saturated heterocycles. The molecule has 0 aromatic heterocycles. The number of nitrogens with one attached hydrogen (secondary N) is 2. The van der Waals surface area contributed by atoms with Gasteiger partial charge in [-0.15, -0.1) is 0 Å². The maximum absolute atomic E-state index is 12.4. The second-order valence-corrected chi connectivity index (χ2v) is 6.62. The van der Waals surface area contributed by atoms with Gasteiger partial charge in [0, 0.05) is 18.8 Å². The third-order valence-corrected chi connectivity index (χ3v) is 4.22. The van der Waals surface area contributed by atoms with E-state index in [1.807, 2.05) is 46.0 Å². The molecule has 2 amide bonds. The standard InChI is InChI=1S/C19H31N3O2/c1-7-22(8-2)18(24)13-21(6)12-17(23)20-19-15(5)10-9-11-16(19)14(3)4/h9-11,14H,7-8,12-13H2,1-6H3,(H,20,23)/p+1. The van der Waals surface area contributed by atoms with Gasteiger partial charge in [-0.05, 0) is 37.8 Å². The van der Waals surface area contributed by atoms with Crippen LogP contribution in [-0.4, -0.2) is 49.9 Å². The second-order valence-electron chi connectivity index (χ2n) is 6.62. The number of hydrogen-bond donors (Lipinski definition) is 2. The molecular weight excluding hydrogens is 302 g/mol. The van der Waals surface area contributed by atoms with Crippen molar-refractivity contribution in [2.45, 2.75) is 40.5 Å². The molecule has 1 unspecified atom stereocenters. The molecule has 5 heteroatoms. The van der Waals surface area contributed by atoms with E-state index in [1.54, 1.807) is 4.90 Å². The number of para-hydroxylation sites is 1. The molecule has 1 aromatic carbocycles. The molecule has 0 heterocycles. The van der Waals surface area contributed by atoms with Gasteiger partial charge in [0.1, 0.15) is 0 Å². The average molecular weight is 334 g/mol. The lowest BCUT2D eigenvalue weighted by Crippen LogP contribution is -3.11. The van der Waals surface area contributed by atoms with Crippen LogP contribution < -0.4 is 10.2 Å². The van der Waals surface area contributed by atoms with Crippen molar-refractivity contribution in [1.82, 2.24) is 4.90 Å². The lowest BCUT2D eigenvalue weighted by molar-refractivity contribution is -0.862. The minimum atomic E-state index is -0.0592. The van der Waals surface area contributed by atoms with Crippen LogP contribution in [0.5, 0.6) is 0 Å². The van der Waals surface area contributed by atoms with Gasteiger partial charge in [0.15, 0.2) is 13.1 Å². The van der Waals surface area contributed by atoms with Crippen LogP contribution in [0.25, 0.3) is 0 Å². The Labute approximate surface area is 146 Å². The van der Waals surface area contributed by atoms with Crippen LogP contribution in [0.1, 0.15) is 44.7 Å². The summed E-state index contributed by atoms with van der Waals surface area (Å²) < 4.78 is 0. The zero-order valence-electron chi connectivity index (χ0n) is 15.9. The third-order valence-electron chi connectivity index (χ3n) is 4.22. The van der Waals surface area contributed by atoms with Gasteiger partial charge in [-0.1, -0.05) is 32.0 Å². The number of hydrogen-bond acceptors (Lipinski definition) is 2. The van der Waals surface area contributed by atoms with Crippen LogP contribution in [0.3, 0.4) is 0 Å². The summed E-state index contributed by atoms with van der Waals surface area (Å²) in [4.78, 5) is 27.2. The third kappa shape index (κ3) is 5.64. The van der Waals surface area contributed by atoms with Crippen molar-refractivity contribution >= 4 is 17.5 Å². The second kappa shape index (κ2) is 9.42. The van der Waals surface area contributed by atoms with Crippen molar-refractivity contribution < 1.29 is 14.5 Å². The zero-order valence-corrected chi connectivity index (χ0v) is 15.9. The molecule has 0 radical (unpaired) electrons. The van der Waals surface area contributed by atoms with Crippen LogP contribution in [0.4, 0.5) is 5.69 Å². The fraction of sp³-hybridized carbons (Fsp3) is 0.579. The monoisotopic (exact) mass is 334 g/mol. The molecule has 0 aliphatic carbocycles. The fourth-order valence-electron chi connectivity index (χ4n) is 2.81. The maximum atomic E-state index is 12.4. The van der Waals surface area contributed by atoms with Crippen molar-refractivity contribution in [3.8, 4) is 0 Å². The highest BCUT2D eigenvalue weighted by Crippen LogP contribution is 2.27. The largest absolute Gasteiger partial charge is 0.338 e. The molecule has 5 nitrogen and oxygen atoms in total. The number of aryl methyl sites for hydroxylation is 1. The summed E-state index contributed by atoms with van der Waals surface area (Å²) in [6, 6.07) is 6.07. The van der Waals surface area contributed by atoms with E-state index < -0.39 is 0 Å². The average Bonchev–Trinajstić information content (AvgIpc) is 2.49. The van der Waals surface area contributed by atoms with E-state index in [0.29, 0.717) is 25.6 Å². The first-order chi connectivity index (χ1) is 11.3. The Hall–Kier alpha value is -1.88. The number of carbonyl (C=O) groups is 2. The van der Waals surface area contributed by atoms with Crippen LogP contribution in [0.2, 0.25) is 0 Å². The topological polar surface area (TPSA) is 53.9 Å². The molecule has 0 aliphatic rings. The Balaban J connectivity index is 2.69. The number of anilines is 1. The normalized spacial score (nSPS) is 12.1. The molecular formula is C19H32N3O2+.